The molecule has 170 valence electrons. The number of ether oxygens (including phenoxy) is 2. The van der Waals surface area contributed by atoms with Gasteiger partial charge in [-0.15, -0.1) is 11.3 Å². The van der Waals surface area contributed by atoms with Crippen molar-refractivity contribution in [1.29, 1.82) is 0 Å². The van der Waals surface area contributed by atoms with Crippen LogP contribution in [0.25, 0.3) is 10.2 Å². The fourth-order valence-corrected chi connectivity index (χ4v) is 4.23. The van der Waals surface area contributed by atoms with E-state index in [2.05, 4.69) is 10.3 Å². The molecule has 0 aromatic carbocycles. The van der Waals surface area contributed by atoms with Crippen molar-refractivity contribution < 1.29 is 32.2 Å². The number of halogens is 3. The summed E-state index contributed by atoms with van der Waals surface area (Å²) < 4.78 is 51.8. The van der Waals surface area contributed by atoms with Crippen molar-refractivity contribution in [1.82, 2.24) is 15.2 Å². The van der Waals surface area contributed by atoms with Crippen molar-refractivity contribution in [3.8, 4) is 5.88 Å². The Labute approximate surface area is 181 Å². The summed E-state index contributed by atoms with van der Waals surface area (Å²) >= 11 is 0.817. The van der Waals surface area contributed by atoms with E-state index < -0.39 is 35.4 Å². The van der Waals surface area contributed by atoms with E-state index >= 15 is 0 Å². The molecule has 2 amide bonds. The number of pyridine rings is 1. The molecule has 31 heavy (non-hydrogen) atoms. The van der Waals surface area contributed by atoms with Gasteiger partial charge in [-0.25, -0.2) is 9.78 Å². The van der Waals surface area contributed by atoms with Crippen molar-refractivity contribution in [3.63, 3.8) is 0 Å². The quantitative estimate of drug-likeness (QED) is 0.733. The van der Waals surface area contributed by atoms with Gasteiger partial charge in [-0.05, 0) is 20.8 Å². The second-order valence-corrected chi connectivity index (χ2v) is 9.08. The Morgan fingerprint density at radius 3 is 2.42 bits per heavy atom. The highest BCUT2D eigenvalue weighted by molar-refractivity contribution is 7.17. The van der Waals surface area contributed by atoms with Crippen LogP contribution in [0.4, 0.5) is 18.0 Å². The Morgan fingerprint density at radius 2 is 1.87 bits per heavy atom. The number of nitrogens with zero attached hydrogens (tertiary/aromatic N) is 2. The van der Waals surface area contributed by atoms with Crippen LogP contribution in [0, 0.1) is 0 Å². The lowest BCUT2D eigenvalue weighted by atomic mass is 10.1. The maximum absolute atomic E-state index is 13.6. The average Bonchev–Trinajstić information content (AvgIpc) is 3.09. The normalized spacial score (nSPS) is 15.8. The molecule has 7 nitrogen and oxygen atoms in total. The molecule has 2 aromatic heterocycles. The average molecular weight is 459 g/mol. The first-order valence-electron chi connectivity index (χ1n) is 9.75. The minimum absolute atomic E-state index is 0.0413. The molecule has 0 aliphatic carbocycles. The Bertz CT molecular complexity index is 976. The van der Waals surface area contributed by atoms with E-state index in [0.717, 1.165) is 17.4 Å². The molecule has 3 heterocycles. The minimum Gasteiger partial charge on any atom is -0.474 e. The zero-order valence-corrected chi connectivity index (χ0v) is 18.4. The molecule has 0 bridgehead atoms. The number of fused-ring (bicyclic) bond motifs is 1. The molecule has 0 spiro atoms. The predicted molar refractivity (Wildman–Crippen MR) is 109 cm³/mol. The van der Waals surface area contributed by atoms with E-state index in [1.165, 1.54) is 12.4 Å². The highest BCUT2D eigenvalue weighted by Crippen LogP contribution is 2.40. The summed E-state index contributed by atoms with van der Waals surface area (Å²) in [6.45, 7) is 6.04. The van der Waals surface area contributed by atoms with Crippen molar-refractivity contribution in [2.45, 2.75) is 51.5 Å². The number of aromatic nitrogens is 1. The lowest BCUT2D eigenvalue weighted by molar-refractivity contribution is -0.136. The van der Waals surface area contributed by atoms with E-state index in [-0.39, 0.29) is 21.7 Å². The number of hydrogen-bond acceptors (Lipinski definition) is 6. The molecule has 0 radical (unpaired) electrons. The minimum atomic E-state index is -4.62. The van der Waals surface area contributed by atoms with Crippen LogP contribution >= 0.6 is 11.3 Å². The van der Waals surface area contributed by atoms with E-state index in [0.29, 0.717) is 25.9 Å². The number of piperidine rings is 1. The smallest absolute Gasteiger partial charge is 0.418 e. The van der Waals surface area contributed by atoms with E-state index in [1.807, 2.05) is 0 Å². The van der Waals surface area contributed by atoms with Crippen molar-refractivity contribution >= 4 is 33.6 Å². The van der Waals surface area contributed by atoms with Crippen molar-refractivity contribution in [2.24, 2.45) is 0 Å². The van der Waals surface area contributed by atoms with Crippen molar-refractivity contribution in [2.75, 3.05) is 20.1 Å². The van der Waals surface area contributed by atoms with Gasteiger partial charge in [-0.3, -0.25) is 4.79 Å². The van der Waals surface area contributed by atoms with Gasteiger partial charge in [0, 0.05) is 44.4 Å². The Morgan fingerprint density at radius 1 is 1.23 bits per heavy atom. The number of hydrogen-bond donors (Lipinski definition) is 1. The van der Waals surface area contributed by atoms with Gasteiger partial charge < -0.3 is 19.7 Å². The van der Waals surface area contributed by atoms with Gasteiger partial charge in [-0.1, -0.05) is 0 Å². The number of carbonyl (C=O) groups excluding carboxylic acids is 2. The number of carbonyl (C=O) groups is 2. The third kappa shape index (κ3) is 5.38. The van der Waals surface area contributed by atoms with Gasteiger partial charge in [-0.2, -0.15) is 13.2 Å². The van der Waals surface area contributed by atoms with Crippen LogP contribution in [0.5, 0.6) is 5.88 Å². The van der Waals surface area contributed by atoms with Gasteiger partial charge >= 0.3 is 12.3 Å². The number of amides is 2. The lowest BCUT2D eigenvalue weighted by Gasteiger charge is -2.33. The maximum Gasteiger partial charge on any atom is 0.418 e. The lowest BCUT2D eigenvalue weighted by Crippen LogP contribution is -2.44. The summed E-state index contributed by atoms with van der Waals surface area (Å²) in [5.74, 6) is -0.714. The zero-order chi connectivity index (χ0) is 23.0. The van der Waals surface area contributed by atoms with Gasteiger partial charge in [0.15, 0.2) is 0 Å². The highest BCUT2D eigenvalue weighted by Gasteiger charge is 2.36. The fraction of sp³-hybridized carbons (Fsp3) is 0.550. The molecule has 1 aliphatic heterocycles. The first-order chi connectivity index (χ1) is 14.4. The summed E-state index contributed by atoms with van der Waals surface area (Å²) in [6, 6.07) is 0.868. The molecule has 1 saturated heterocycles. The molecule has 0 saturated carbocycles. The van der Waals surface area contributed by atoms with Crippen LogP contribution < -0.4 is 10.1 Å². The monoisotopic (exact) mass is 459 g/mol. The van der Waals surface area contributed by atoms with Gasteiger partial charge in [0.25, 0.3) is 5.91 Å². The predicted octanol–water partition coefficient (Wildman–Crippen LogP) is 4.45. The third-order valence-corrected chi connectivity index (χ3v) is 5.66. The molecule has 3 rings (SSSR count). The number of nitrogens with one attached hydrogen (secondary N) is 1. The summed E-state index contributed by atoms with van der Waals surface area (Å²) in [5, 5.41) is 3.76. The van der Waals surface area contributed by atoms with Crippen LogP contribution in [-0.2, 0) is 10.9 Å². The Balaban J connectivity index is 1.79. The van der Waals surface area contributed by atoms with Crippen LogP contribution in [0.1, 0.15) is 49.5 Å². The summed E-state index contributed by atoms with van der Waals surface area (Å²) in [5.41, 5.74) is -1.47. The second kappa shape index (κ2) is 8.52. The van der Waals surface area contributed by atoms with Gasteiger partial charge in [0.2, 0.25) is 5.88 Å². The van der Waals surface area contributed by atoms with Crippen LogP contribution in [0.15, 0.2) is 11.4 Å². The summed E-state index contributed by atoms with van der Waals surface area (Å²) in [4.78, 5) is 29.9. The topological polar surface area (TPSA) is 80.8 Å². The van der Waals surface area contributed by atoms with Crippen molar-refractivity contribution in [3.05, 3.63) is 22.6 Å². The number of alkyl halides is 3. The van der Waals surface area contributed by atoms with Gasteiger partial charge in [0.05, 0.1) is 21.3 Å². The van der Waals surface area contributed by atoms with E-state index in [9.17, 15) is 22.8 Å². The maximum atomic E-state index is 13.6. The molecule has 1 fully saturated rings. The zero-order valence-electron chi connectivity index (χ0n) is 17.6. The third-order valence-electron chi connectivity index (χ3n) is 4.66. The summed E-state index contributed by atoms with van der Waals surface area (Å²) in [6.07, 6.45) is -4.62. The molecular formula is C20H24F3N3O4S. The number of thiophene rings is 1. The second-order valence-electron chi connectivity index (χ2n) is 8.20. The number of likely N-dealkylation sites (tertiary alicyclic amines) is 1. The van der Waals surface area contributed by atoms with Crippen LogP contribution in [0.2, 0.25) is 0 Å². The highest BCUT2D eigenvalue weighted by atomic mass is 32.1. The summed E-state index contributed by atoms with van der Waals surface area (Å²) in [7, 11) is 1.40. The fourth-order valence-electron chi connectivity index (χ4n) is 3.21. The molecule has 0 atom stereocenters. The molecular weight excluding hydrogens is 435 g/mol. The molecule has 11 heteroatoms. The Kier molecular flexibility index (Phi) is 6.35. The molecule has 2 aromatic rings. The number of rotatable bonds is 3. The van der Waals surface area contributed by atoms with Crippen LogP contribution in [-0.4, -0.2) is 53.7 Å². The van der Waals surface area contributed by atoms with E-state index in [4.69, 9.17) is 9.47 Å². The SMILES string of the molecule is CNC(=O)c1csc2c(C(F)(F)F)cc(OC3CCN(C(=O)OC(C)(C)C)CC3)nc12. The largest absolute Gasteiger partial charge is 0.474 e. The standard InChI is InChI=1S/C20H24F3N3O4S/c1-19(2,3)30-18(28)26-7-5-11(6-8-26)29-14-9-13(20(21,22)23)16-15(25-14)12(10-31-16)17(27)24-4/h9-11H,5-8H2,1-4H3,(H,24,27). The molecule has 1 N–H and O–H groups in total. The van der Waals surface area contributed by atoms with E-state index in [1.54, 1.807) is 25.7 Å². The van der Waals surface area contributed by atoms with Gasteiger partial charge in [0.1, 0.15) is 11.7 Å². The first kappa shape index (κ1) is 23.1. The van der Waals surface area contributed by atoms with Crippen LogP contribution in [0.3, 0.4) is 0 Å². The Hall–Kier alpha value is -2.56. The molecule has 1 aliphatic rings. The first-order valence-corrected chi connectivity index (χ1v) is 10.6. The molecule has 0 unspecified atom stereocenters.